The third-order valence-corrected chi connectivity index (χ3v) is 5.38. The van der Waals surface area contributed by atoms with Crippen LogP contribution in [0.15, 0.2) is 66.4 Å². The SMILES string of the molecule is Cc1nn(-c2cccc(C(F)(F)F)c2)c(Cl)c1/C=C(/C#N)C(=O)Nc1cccc2ncccc12. The van der Waals surface area contributed by atoms with Crippen molar-refractivity contribution in [1.29, 1.82) is 5.26 Å². The van der Waals surface area contributed by atoms with Gasteiger partial charge in [0.2, 0.25) is 0 Å². The van der Waals surface area contributed by atoms with Gasteiger partial charge in [0.05, 0.1) is 28.1 Å². The van der Waals surface area contributed by atoms with E-state index in [9.17, 15) is 23.2 Å². The second kappa shape index (κ2) is 9.00. The first-order chi connectivity index (χ1) is 16.2. The maximum absolute atomic E-state index is 13.1. The van der Waals surface area contributed by atoms with Gasteiger partial charge < -0.3 is 5.32 Å². The molecule has 1 N–H and O–H groups in total. The number of fused-ring (bicyclic) bond motifs is 1. The fourth-order valence-corrected chi connectivity index (χ4v) is 3.68. The third kappa shape index (κ3) is 4.49. The molecule has 2 aromatic carbocycles. The molecule has 0 fully saturated rings. The summed E-state index contributed by atoms with van der Waals surface area (Å²) < 4.78 is 40.4. The summed E-state index contributed by atoms with van der Waals surface area (Å²) in [6, 6.07) is 15.1. The Hall–Kier alpha value is -4.16. The number of anilines is 1. The average Bonchev–Trinajstić information content (AvgIpc) is 3.10. The van der Waals surface area contributed by atoms with Gasteiger partial charge in [-0.1, -0.05) is 23.7 Å². The van der Waals surface area contributed by atoms with Crippen LogP contribution in [0.25, 0.3) is 22.7 Å². The number of carbonyl (C=O) groups excluding carboxylic acids is 1. The summed E-state index contributed by atoms with van der Waals surface area (Å²) >= 11 is 6.40. The molecule has 0 unspecified atom stereocenters. The van der Waals surface area contributed by atoms with Gasteiger partial charge in [-0.05, 0) is 55.5 Å². The Balaban J connectivity index is 1.69. The monoisotopic (exact) mass is 481 g/mol. The molecule has 10 heteroatoms. The number of alkyl halides is 3. The fourth-order valence-electron chi connectivity index (χ4n) is 3.36. The van der Waals surface area contributed by atoms with E-state index in [1.165, 1.54) is 18.2 Å². The number of nitrogens with zero attached hydrogens (tertiary/aromatic N) is 4. The van der Waals surface area contributed by atoms with Crippen molar-refractivity contribution in [3.8, 4) is 11.8 Å². The molecule has 0 radical (unpaired) electrons. The molecule has 0 aliphatic carbocycles. The number of nitriles is 1. The number of hydrogen-bond donors (Lipinski definition) is 1. The molecule has 1 amide bonds. The molecule has 2 heterocycles. The molecule has 0 saturated heterocycles. The van der Waals surface area contributed by atoms with Gasteiger partial charge in [-0.2, -0.15) is 23.5 Å². The standard InChI is InChI=1S/C24H15ClF3N5O/c1-14-19(22(25)33(32-14)17-6-2-5-16(12-17)24(26,27)28)11-15(13-29)23(34)31-21-9-3-8-20-18(21)7-4-10-30-20/h2-12H,1H3,(H,31,34)/b15-11-. The van der Waals surface area contributed by atoms with Crippen LogP contribution in [0.5, 0.6) is 0 Å². The van der Waals surface area contributed by atoms with Crippen molar-refractivity contribution in [3.63, 3.8) is 0 Å². The Morgan fingerprint density at radius 3 is 2.68 bits per heavy atom. The molecular formula is C24H15ClF3N5O. The van der Waals surface area contributed by atoms with Crippen LogP contribution in [0.2, 0.25) is 5.15 Å². The summed E-state index contributed by atoms with van der Waals surface area (Å²) in [5, 5.41) is 17.1. The van der Waals surface area contributed by atoms with E-state index >= 15 is 0 Å². The van der Waals surface area contributed by atoms with Crippen molar-refractivity contribution in [2.45, 2.75) is 13.1 Å². The largest absolute Gasteiger partial charge is 0.416 e. The van der Waals surface area contributed by atoms with Crippen LogP contribution in [0.3, 0.4) is 0 Å². The van der Waals surface area contributed by atoms with E-state index in [2.05, 4.69) is 15.4 Å². The van der Waals surface area contributed by atoms with Crippen LogP contribution >= 0.6 is 11.6 Å². The van der Waals surface area contributed by atoms with E-state index in [0.717, 1.165) is 16.8 Å². The molecule has 170 valence electrons. The Kier molecular flexibility index (Phi) is 6.09. The lowest BCUT2D eigenvalue weighted by molar-refractivity contribution is -0.137. The van der Waals surface area contributed by atoms with Gasteiger partial charge in [-0.25, -0.2) is 4.68 Å². The van der Waals surface area contributed by atoms with Gasteiger partial charge in [-0.3, -0.25) is 9.78 Å². The van der Waals surface area contributed by atoms with Crippen LogP contribution in [-0.2, 0) is 11.0 Å². The van der Waals surface area contributed by atoms with Crippen LogP contribution in [0, 0.1) is 18.3 Å². The summed E-state index contributed by atoms with van der Waals surface area (Å²) in [5.41, 5.74) is 0.696. The Morgan fingerprint density at radius 1 is 1.18 bits per heavy atom. The van der Waals surface area contributed by atoms with Gasteiger partial charge in [-0.15, -0.1) is 0 Å². The van der Waals surface area contributed by atoms with Crippen molar-refractivity contribution in [3.05, 3.63) is 88.3 Å². The minimum Gasteiger partial charge on any atom is -0.321 e. The molecule has 0 aliphatic heterocycles. The van der Waals surface area contributed by atoms with Crippen LogP contribution in [0.1, 0.15) is 16.8 Å². The topological polar surface area (TPSA) is 83.6 Å². The van der Waals surface area contributed by atoms with E-state index in [0.29, 0.717) is 22.3 Å². The summed E-state index contributed by atoms with van der Waals surface area (Å²) in [6.45, 7) is 1.57. The number of aromatic nitrogens is 3. The zero-order chi connectivity index (χ0) is 24.5. The van der Waals surface area contributed by atoms with E-state index < -0.39 is 17.6 Å². The van der Waals surface area contributed by atoms with E-state index in [1.807, 2.05) is 6.07 Å². The molecule has 0 spiro atoms. The smallest absolute Gasteiger partial charge is 0.321 e. The lowest BCUT2D eigenvalue weighted by Crippen LogP contribution is -2.13. The number of rotatable bonds is 4. The molecule has 0 bridgehead atoms. The Labute approximate surface area is 196 Å². The van der Waals surface area contributed by atoms with Crippen molar-refractivity contribution in [1.82, 2.24) is 14.8 Å². The molecule has 34 heavy (non-hydrogen) atoms. The van der Waals surface area contributed by atoms with Crippen LogP contribution in [-0.4, -0.2) is 20.7 Å². The van der Waals surface area contributed by atoms with Crippen LogP contribution in [0.4, 0.5) is 18.9 Å². The highest BCUT2D eigenvalue weighted by atomic mass is 35.5. The predicted octanol–water partition coefficient (Wildman–Crippen LogP) is 5.95. The maximum Gasteiger partial charge on any atom is 0.416 e. The number of nitrogens with one attached hydrogen (secondary N) is 1. The molecule has 2 aromatic heterocycles. The summed E-state index contributed by atoms with van der Waals surface area (Å²) in [6.07, 6.45) is -1.65. The predicted molar refractivity (Wildman–Crippen MR) is 122 cm³/mol. The third-order valence-electron chi connectivity index (χ3n) is 5.01. The van der Waals surface area contributed by atoms with Crippen molar-refractivity contribution in [2.75, 3.05) is 5.32 Å². The Bertz CT molecular complexity index is 1480. The van der Waals surface area contributed by atoms with E-state index in [1.54, 1.807) is 43.5 Å². The second-order valence-electron chi connectivity index (χ2n) is 7.25. The van der Waals surface area contributed by atoms with Gasteiger partial charge >= 0.3 is 6.18 Å². The van der Waals surface area contributed by atoms with E-state index in [4.69, 9.17) is 11.6 Å². The van der Waals surface area contributed by atoms with Gasteiger partial charge in [0, 0.05) is 17.1 Å². The zero-order valence-electron chi connectivity index (χ0n) is 17.6. The Morgan fingerprint density at radius 2 is 1.94 bits per heavy atom. The summed E-state index contributed by atoms with van der Waals surface area (Å²) in [7, 11) is 0. The molecule has 6 nitrogen and oxygen atoms in total. The summed E-state index contributed by atoms with van der Waals surface area (Å²) in [4.78, 5) is 17.1. The number of benzene rings is 2. The number of amides is 1. The van der Waals surface area contributed by atoms with Crippen molar-refractivity contribution < 1.29 is 18.0 Å². The van der Waals surface area contributed by atoms with Gasteiger partial charge in [0.1, 0.15) is 16.8 Å². The lowest BCUT2D eigenvalue weighted by Gasteiger charge is -2.09. The number of pyridine rings is 1. The molecule has 0 atom stereocenters. The molecule has 0 saturated carbocycles. The molecule has 4 rings (SSSR count). The highest BCUT2D eigenvalue weighted by Gasteiger charge is 2.31. The first-order valence-corrected chi connectivity index (χ1v) is 10.3. The quantitative estimate of drug-likeness (QED) is 0.288. The van der Waals surface area contributed by atoms with Crippen molar-refractivity contribution in [2.24, 2.45) is 0 Å². The normalized spacial score (nSPS) is 11.9. The zero-order valence-corrected chi connectivity index (χ0v) is 18.3. The minimum atomic E-state index is -4.53. The van der Waals surface area contributed by atoms with Gasteiger partial charge in [0.25, 0.3) is 5.91 Å². The number of carbonyl (C=O) groups is 1. The fraction of sp³-hybridized carbons (Fsp3) is 0.0833. The second-order valence-corrected chi connectivity index (χ2v) is 7.61. The highest BCUT2D eigenvalue weighted by molar-refractivity contribution is 6.31. The van der Waals surface area contributed by atoms with E-state index in [-0.39, 0.29) is 22.0 Å². The highest BCUT2D eigenvalue weighted by Crippen LogP contribution is 2.32. The molecule has 0 aliphatic rings. The lowest BCUT2D eigenvalue weighted by atomic mass is 10.1. The minimum absolute atomic E-state index is 0.0354. The maximum atomic E-state index is 13.1. The van der Waals surface area contributed by atoms with Gasteiger partial charge in [0.15, 0.2) is 0 Å². The first kappa shape index (κ1) is 23.0. The number of halogens is 4. The summed E-state index contributed by atoms with van der Waals surface area (Å²) in [5.74, 6) is -0.680. The molecular weight excluding hydrogens is 467 g/mol. The van der Waals surface area contributed by atoms with Crippen molar-refractivity contribution >= 4 is 40.2 Å². The number of hydrogen-bond acceptors (Lipinski definition) is 4. The number of aryl methyl sites for hydroxylation is 1. The van der Waals surface area contributed by atoms with Crippen LogP contribution < -0.4 is 5.32 Å². The first-order valence-electron chi connectivity index (χ1n) is 9.88. The average molecular weight is 482 g/mol. The molecule has 4 aromatic rings.